The zero-order valence-corrected chi connectivity index (χ0v) is 14.6. The van der Waals surface area contributed by atoms with Gasteiger partial charge in [0.05, 0.1) is 18.8 Å². The van der Waals surface area contributed by atoms with Crippen LogP contribution in [-0.2, 0) is 4.74 Å². The van der Waals surface area contributed by atoms with Gasteiger partial charge in [-0.05, 0) is 25.8 Å². The van der Waals surface area contributed by atoms with E-state index in [1.54, 1.807) is 13.1 Å². The first-order valence-corrected chi connectivity index (χ1v) is 8.59. The Morgan fingerprint density at radius 1 is 1.36 bits per heavy atom. The Bertz CT molecular complexity index is 665. The first-order chi connectivity index (χ1) is 12.2. The van der Waals surface area contributed by atoms with Gasteiger partial charge in [-0.15, -0.1) is 6.58 Å². The molecule has 0 N–H and O–H groups in total. The van der Waals surface area contributed by atoms with Crippen LogP contribution in [0.4, 0.5) is 0 Å². The molecule has 0 saturated carbocycles. The molecule has 0 unspecified atom stereocenters. The van der Waals surface area contributed by atoms with Crippen LogP contribution < -0.4 is 4.74 Å². The van der Waals surface area contributed by atoms with Crippen LogP contribution in [0.1, 0.15) is 18.7 Å². The summed E-state index contributed by atoms with van der Waals surface area (Å²) < 4.78 is 16.7. The number of allylic oxidation sites excluding steroid dienone is 1. The molecule has 1 fully saturated rings. The number of hydrogen-bond donors (Lipinski definition) is 0. The molecule has 25 heavy (non-hydrogen) atoms. The molecular weight excluding hydrogens is 320 g/mol. The highest BCUT2D eigenvalue weighted by Crippen LogP contribution is 2.20. The predicted octanol–water partition coefficient (Wildman–Crippen LogP) is 2.49. The Morgan fingerprint density at radius 3 is 2.84 bits per heavy atom. The molecule has 1 saturated heterocycles. The molecule has 0 aliphatic carbocycles. The van der Waals surface area contributed by atoms with Crippen molar-refractivity contribution in [3.8, 4) is 17.3 Å². The van der Waals surface area contributed by atoms with Crippen molar-refractivity contribution in [2.45, 2.75) is 25.9 Å². The second-order valence-corrected chi connectivity index (χ2v) is 6.05. The fourth-order valence-corrected chi connectivity index (χ4v) is 2.72. The summed E-state index contributed by atoms with van der Waals surface area (Å²) in [4.78, 5) is 11.0. The average molecular weight is 344 g/mol. The summed E-state index contributed by atoms with van der Waals surface area (Å²) in [5.74, 6) is 1.67. The molecule has 2 aromatic rings. The van der Waals surface area contributed by atoms with E-state index in [1.165, 1.54) is 0 Å². The number of ether oxygens (including phenoxy) is 2. The second-order valence-electron chi connectivity index (χ2n) is 6.05. The van der Waals surface area contributed by atoms with Crippen LogP contribution in [-0.4, -0.2) is 59.0 Å². The minimum Gasteiger partial charge on any atom is -0.473 e. The maximum Gasteiger partial charge on any atom is 0.259 e. The van der Waals surface area contributed by atoms with Crippen LogP contribution in [0.25, 0.3) is 11.5 Å². The van der Waals surface area contributed by atoms with Gasteiger partial charge in [0, 0.05) is 31.9 Å². The monoisotopic (exact) mass is 344 g/mol. The van der Waals surface area contributed by atoms with Crippen molar-refractivity contribution in [1.82, 2.24) is 20.0 Å². The van der Waals surface area contributed by atoms with E-state index in [4.69, 9.17) is 14.0 Å². The molecule has 7 heteroatoms. The van der Waals surface area contributed by atoms with Crippen LogP contribution in [0.15, 0.2) is 35.5 Å². The molecule has 0 amide bonds. The Kier molecular flexibility index (Phi) is 6.14. The van der Waals surface area contributed by atoms with Gasteiger partial charge < -0.3 is 14.0 Å². The number of aryl methyl sites for hydroxylation is 1. The average Bonchev–Trinajstić information content (AvgIpc) is 3.07. The van der Waals surface area contributed by atoms with Crippen LogP contribution in [0.3, 0.4) is 0 Å². The van der Waals surface area contributed by atoms with Crippen molar-refractivity contribution in [2.75, 3.05) is 32.8 Å². The van der Waals surface area contributed by atoms with Crippen LogP contribution in [0.2, 0.25) is 0 Å². The normalized spacial score (nSPS) is 16.5. The molecule has 1 atom stereocenters. The molecule has 7 nitrogen and oxygen atoms in total. The van der Waals surface area contributed by atoms with Gasteiger partial charge in [-0.25, -0.2) is 4.98 Å². The number of nitrogens with zero attached hydrogens (tertiary/aromatic N) is 4. The molecule has 0 aromatic carbocycles. The maximum atomic E-state index is 6.11. The molecule has 0 bridgehead atoms. The molecule has 3 heterocycles. The summed E-state index contributed by atoms with van der Waals surface area (Å²) in [7, 11) is 0. The van der Waals surface area contributed by atoms with Gasteiger partial charge in [-0.2, -0.15) is 4.98 Å². The van der Waals surface area contributed by atoms with Gasteiger partial charge in [0.2, 0.25) is 5.88 Å². The van der Waals surface area contributed by atoms with Crippen molar-refractivity contribution in [2.24, 2.45) is 0 Å². The first-order valence-electron chi connectivity index (χ1n) is 8.59. The summed E-state index contributed by atoms with van der Waals surface area (Å²) in [6.45, 7) is 9.90. The summed E-state index contributed by atoms with van der Waals surface area (Å²) in [5, 5.41) is 3.79. The molecular formula is C18H24N4O3. The van der Waals surface area contributed by atoms with Crippen molar-refractivity contribution in [3.63, 3.8) is 0 Å². The Balaban J connectivity index is 1.62. The van der Waals surface area contributed by atoms with E-state index in [1.807, 2.05) is 18.2 Å². The fraction of sp³-hybridized carbons (Fsp3) is 0.500. The lowest BCUT2D eigenvalue weighted by atomic mass is 10.1. The highest BCUT2D eigenvalue weighted by Gasteiger charge is 2.18. The highest BCUT2D eigenvalue weighted by molar-refractivity contribution is 5.51. The van der Waals surface area contributed by atoms with Crippen LogP contribution in [0, 0.1) is 6.92 Å². The second kappa shape index (κ2) is 8.73. The van der Waals surface area contributed by atoms with E-state index in [0.29, 0.717) is 17.6 Å². The molecule has 0 radical (unpaired) electrons. The highest BCUT2D eigenvalue weighted by atomic mass is 16.5. The lowest BCUT2D eigenvalue weighted by molar-refractivity contribution is 0.0174. The zero-order valence-electron chi connectivity index (χ0n) is 14.6. The topological polar surface area (TPSA) is 73.5 Å². The zero-order chi connectivity index (χ0) is 17.5. The fourth-order valence-electron chi connectivity index (χ4n) is 2.72. The number of pyridine rings is 1. The maximum absolute atomic E-state index is 6.11. The number of aromatic nitrogens is 3. The number of rotatable bonds is 8. The van der Waals surface area contributed by atoms with E-state index in [0.717, 1.165) is 51.3 Å². The van der Waals surface area contributed by atoms with Crippen molar-refractivity contribution >= 4 is 0 Å². The summed E-state index contributed by atoms with van der Waals surface area (Å²) in [6.07, 6.45) is 5.51. The number of hydrogen-bond acceptors (Lipinski definition) is 7. The Hall–Kier alpha value is -2.25. The lowest BCUT2D eigenvalue weighted by Crippen LogP contribution is -2.42. The first kappa shape index (κ1) is 17.6. The minimum absolute atomic E-state index is 0.0695. The standard InChI is InChI=1S/C18H24N4O3/c1-3-4-5-16(13-22-8-10-23-11-9-22)24-17-7-6-15(12-19-17)18-20-14(2)21-25-18/h3,6-7,12,16H,1,4-5,8-11,13H2,2H3/t16-/m1/s1. The van der Waals surface area contributed by atoms with E-state index in [-0.39, 0.29) is 6.10 Å². The SMILES string of the molecule is C=CCC[C@H](CN1CCOCC1)Oc1ccc(-c2nc(C)no2)cn1. The third-order valence-electron chi connectivity index (χ3n) is 4.06. The largest absolute Gasteiger partial charge is 0.473 e. The van der Waals surface area contributed by atoms with Crippen molar-refractivity contribution in [1.29, 1.82) is 0 Å². The van der Waals surface area contributed by atoms with Gasteiger partial charge in [-0.1, -0.05) is 11.2 Å². The summed E-state index contributed by atoms with van der Waals surface area (Å²) in [5.41, 5.74) is 0.781. The van der Waals surface area contributed by atoms with Crippen LogP contribution in [0.5, 0.6) is 5.88 Å². The van der Waals surface area contributed by atoms with Gasteiger partial charge in [0.1, 0.15) is 6.10 Å². The van der Waals surface area contributed by atoms with Crippen LogP contribution >= 0.6 is 0 Å². The third kappa shape index (κ3) is 5.11. The Labute approximate surface area is 147 Å². The van der Waals surface area contributed by atoms with E-state index in [2.05, 4.69) is 26.6 Å². The Morgan fingerprint density at radius 2 is 2.20 bits per heavy atom. The molecule has 0 spiro atoms. The van der Waals surface area contributed by atoms with Gasteiger partial charge in [0.25, 0.3) is 5.89 Å². The van der Waals surface area contributed by atoms with Crippen molar-refractivity contribution < 1.29 is 14.0 Å². The predicted molar refractivity (Wildman–Crippen MR) is 93.4 cm³/mol. The summed E-state index contributed by atoms with van der Waals surface area (Å²) >= 11 is 0. The molecule has 1 aliphatic rings. The third-order valence-corrected chi connectivity index (χ3v) is 4.06. The lowest BCUT2D eigenvalue weighted by Gasteiger charge is -2.30. The molecule has 1 aliphatic heterocycles. The molecule has 3 rings (SSSR count). The van der Waals surface area contributed by atoms with Gasteiger partial charge in [0.15, 0.2) is 5.82 Å². The minimum atomic E-state index is 0.0695. The number of morpholine rings is 1. The smallest absolute Gasteiger partial charge is 0.259 e. The summed E-state index contributed by atoms with van der Waals surface area (Å²) in [6, 6.07) is 3.73. The van der Waals surface area contributed by atoms with E-state index >= 15 is 0 Å². The van der Waals surface area contributed by atoms with Gasteiger partial charge in [-0.3, -0.25) is 4.90 Å². The molecule has 2 aromatic heterocycles. The van der Waals surface area contributed by atoms with Crippen molar-refractivity contribution in [3.05, 3.63) is 36.8 Å². The van der Waals surface area contributed by atoms with Gasteiger partial charge >= 0.3 is 0 Å². The quantitative estimate of drug-likeness (QED) is 0.681. The van der Waals surface area contributed by atoms with E-state index in [9.17, 15) is 0 Å². The van der Waals surface area contributed by atoms with E-state index < -0.39 is 0 Å². The molecule has 134 valence electrons.